The van der Waals surface area contributed by atoms with E-state index in [0.717, 1.165) is 28.3 Å². The average molecular weight is 739 g/mol. The first-order valence-electron chi connectivity index (χ1n) is 19.9. The molecule has 0 aliphatic carbocycles. The summed E-state index contributed by atoms with van der Waals surface area (Å²) in [6, 6.07) is 83.7. The molecule has 0 saturated heterocycles. The summed E-state index contributed by atoms with van der Waals surface area (Å²) >= 11 is 0. The van der Waals surface area contributed by atoms with Crippen LogP contribution in [0.2, 0.25) is 0 Å². The monoisotopic (exact) mass is 738 g/mol. The van der Waals surface area contributed by atoms with Crippen LogP contribution in [0.3, 0.4) is 0 Å². The molecule has 0 spiro atoms. The molecule has 0 unspecified atom stereocenters. The van der Waals surface area contributed by atoms with E-state index in [-0.39, 0.29) is 0 Å². The van der Waals surface area contributed by atoms with Crippen LogP contribution in [0.25, 0.3) is 82.4 Å². The Balaban J connectivity index is 1.18. The van der Waals surface area contributed by atoms with Gasteiger partial charge in [0.15, 0.2) is 0 Å². The van der Waals surface area contributed by atoms with Crippen LogP contribution in [0.4, 0.5) is 17.1 Å². The quantitative estimate of drug-likeness (QED) is 0.158. The average Bonchev–Trinajstić information content (AvgIpc) is 3.65. The lowest BCUT2D eigenvalue weighted by Gasteiger charge is -2.26. The number of para-hydroxylation sites is 1. The van der Waals surface area contributed by atoms with Crippen molar-refractivity contribution in [1.82, 2.24) is 4.57 Å². The van der Waals surface area contributed by atoms with Crippen molar-refractivity contribution < 1.29 is 0 Å². The fraction of sp³-hybridized carbons (Fsp3) is 0. The molecule has 0 saturated carbocycles. The zero-order valence-corrected chi connectivity index (χ0v) is 31.8. The lowest BCUT2D eigenvalue weighted by atomic mass is 9.92. The Bertz CT molecular complexity index is 3150. The third-order valence-electron chi connectivity index (χ3n) is 11.6. The second-order valence-electron chi connectivity index (χ2n) is 14.9. The zero-order chi connectivity index (χ0) is 38.4. The molecule has 0 N–H and O–H groups in total. The molecule has 10 aromatic carbocycles. The number of benzene rings is 10. The van der Waals surface area contributed by atoms with Gasteiger partial charge in [-0.1, -0.05) is 176 Å². The van der Waals surface area contributed by atoms with Crippen LogP contribution in [0, 0.1) is 0 Å². The summed E-state index contributed by atoms with van der Waals surface area (Å²) in [4.78, 5) is 2.39. The first-order chi connectivity index (χ1) is 28.8. The van der Waals surface area contributed by atoms with E-state index in [2.05, 4.69) is 240 Å². The fourth-order valence-corrected chi connectivity index (χ4v) is 8.84. The second kappa shape index (κ2) is 14.1. The van der Waals surface area contributed by atoms with Crippen molar-refractivity contribution in [3.63, 3.8) is 0 Å². The van der Waals surface area contributed by atoms with E-state index in [4.69, 9.17) is 0 Å². The van der Waals surface area contributed by atoms with E-state index in [1.54, 1.807) is 0 Å². The largest absolute Gasteiger partial charge is 0.310 e. The lowest BCUT2D eigenvalue weighted by Crippen LogP contribution is -2.10. The van der Waals surface area contributed by atoms with Crippen molar-refractivity contribution >= 4 is 60.4 Å². The highest BCUT2D eigenvalue weighted by atomic mass is 15.1. The van der Waals surface area contributed by atoms with Gasteiger partial charge >= 0.3 is 0 Å². The number of hydrogen-bond acceptors (Lipinski definition) is 1. The molecule has 58 heavy (non-hydrogen) atoms. The highest BCUT2D eigenvalue weighted by Gasteiger charge is 2.22. The number of aromatic nitrogens is 1. The molecule has 0 aliphatic rings. The summed E-state index contributed by atoms with van der Waals surface area (Å²) in [6.45, 7) is 0. The van der Waals surface area contributed by atoms with Crippen LogP contribution in [0.5, 0.6) is 0 Å². The van der Waals surface area contributed by atoms with Crippen molar-refractivity contribution in [2.45, 2.75) is 0 Å². The molecular formula is C56H38N2. The summed E-state index contributed by atoms with van der Waals surface area (Å²) < 4.78 is 2.49. The number of fused-ring (bicyclic) bond motifs is 6. The van der Waals surface area contributed by atoms with Gasteiger partial charge in [-0.15, -0.1) is 0 Å². The van der Waals surface area contributed by atoms with E-state index in [1.165, 1.54) is 71.2 Å². The van der Waals surface area contributed by atoms with Crippen LogP contribution in [0.1, 0.15) is 0 Å². The van der Waals surface area contributed by atoms with E-state index < -0.39 is 0 Å². The Hall–Kier alpha value is -7.68. The van der Waals surface area contributed by atoms with Gasteiger partial charge in [-0.2, -0.15) is 0 Å². The summed E-state index contributed by atoms with van der Waals surface area (Å²) in [5.41, 5.74) is 14.0. The number of anilines is 3. The van der Waals surface area contributed by atoms with E-state index in [1.807, 2.05) is 0 Å². The van der Waals surface area contributed by atoms with E-state index >= 15 is 0 Å². The number of rotatable bonds is 7. The molecule has 1 aromatic heterocycles. The maximum Gasteiger partial charge on any atom is 0.0625 e. The third-order valence-corrected chi connectivity index (χ3v) is 11.6. The van der Waals surface area contributed by atoms with Crippen LogP contribution in [-0.2, 0) is 0 Å². The molecule has 0 bridgehead atoms. The molecule has 2 heteroatoms. The van der Waals surface area contributed by atoms with Gasteiger partial charge in [0.05, 0.1) is 11.0 Å². The molecular weight excluding hydrogens is 701 g/mol. The first-order valence-corrected chi connectivity index (χ1v) is 19.9. The normalized spacial score (nSPS) is 11.4. The molecule has 1 heterocycles. The molecule has 11 rings (SSSR count). The third kappa shape index (κ3) is 5.74. The van der Waals surface area contributed by atoms with Crippen molar-refractivity contribution in [1.29, 1.82) is 0 Å². The molecule has 0 aliphatic heterocycles. The van der Waals surface area contributed by atoms with E-state index in [9.17, 15) is 0 Å². The first kappa shape index (κ1) is 33.6. The van der Waals surface area contributed by atoms with Gasteiger partial charge in [-0.05, 0) is 104 Å². The minimum absolute atomic E-state index is 1.09. The summed E-state index contributed by atoms with van der Waals surface area (Å²) in [5.74, 6) is 0. The Morgan fingerprint density at radius 2 is 0.810 bits per heavy atom. The van der Waals surface area contributed by atoms with Crippen LogP contribution < -0.4 is 4.90 Å². The van der Waals surface area contributed by atoms with Gasteiger partial charge in [-0.3, -0.25) is 0 Å². The van der Waals surface area contributed by atoms with Crippen molar-refractivity contribution in [2.75, 3.05) is 4.90 Å². The summed E-state index contributed by atoms with van der Waals surface area (Å²) in [7, 11) is 0. The maximum absolute atomic E-state index is 2.49. The van der Waals surface area contributed by atoms with Crippen LogP contribution in [-0.4, -0.2) is 4.57 Å². The SMILES string of the molecule is c1ccc(-c2ccc(N(c3ccc(-c4ccccc4)cc3)c3ccc4c5c(-c6cccc7ccccc67)cc6ccccc6c5n(-c5ccccc5)c4c3)cc2)cc1. The lowest BCUT2D eigenvalue weighted by molar-refractivity contribution is 1.18. The zero-order valence-electron chi connectivity index (χ0n) is 31.8. The number of hydrogen-bond donors (Lipinski definition) is 0. The Kier molecular flexibility index (Phi) is 8.19. The smallest absolute Gasteiger partial charge is 0.0625 e. The van der Waals surface area contributed by atoms with Gasteiger partial charge in [-0.25, -0.2) is 0 Å². The predicted molar refractivity (Wildman–Crippen MR) is 247 cm³/mol. The molecule has 0 radical (unpaired) electrons. The van der Waals surface area contributed by atoms with Gasteiger partial charge in [0.25, 0.3) is 0 Å². The standard InChI is InChI=1S/C56H38N2/c1-4-15-39(16-5-1)41-27-31-46(32-28-41)57(47-33-29-42(30-34-47)40-17-6-2-7-18-40)48-35-36-52-54(38-48)58(45-22-8-3-9-23-45)56-50-25-13-11-20-44(50)37-53(55(52)56)51-26-14-21-43-19-10-12-24-49(43)51/h1-38H. The molecule has 0 atom stereocenters. The summed E-state index contributed by atoms with van der Waals surface area (Å²) in [5, 5.41) is 7.41. The maximum atomic E-state index is 2.49. The predicted octanol–water partition coefficient (Wildman–Crippen LogP) is 15.6. The van der Waals surface area contributed by atoms with Crippen LogP contribution >= 0.6 is 0 Å². The molecule has 0 amide bonds. The second-order valence-corrected chi connectivity index (χ2v) is 14.9. The van der Waals surface area contributed by atoms with Crippen LogP contribution in [0.15, 0.2) is 231 Å². The number of nitrogens with zero attached hydrogens (tertiary/aromatic N) is 2. The molecule has 11 aromatic rings. The molecule has 272 valence electrons. The highest BCUT2D eigenvalue weighted by molar-refractivity contribution is 6.25. The topological polar surface area (TPSA) is 8.17 Å². The minimum atomic E-state index is 1.09. The van der Waals surface area contributed by atoms with Gasteiger partial charge < -0.3 is 9.47 Å². The van der Waals surface area contributed by atoms with E-state index in [0.29, 0.717) is 0 Å². The van der Waals surface area contributed by atoms with Crippen molar-refractivity contribution in [3.8, 4) is 39.1 Å². The Morgan fingerprint density at radius 3 is 1.45 bits per heavy atom. The Labute approximate surface area is 338 Å². The minimum Gasteiger partial charge on any atom is -0.310 e. The fourth-order valence-electron chi connectivity index (χ4n) is 8.84. The summed E-state index contributed by atoms with van der Waals surface area (Å²) in [6.07, 6.45) is 0. The van der Waals surface area contributed by atoms with Crippen molar-refractivity contribution in [3.05, 3.63) is 231 Å². The molecule has 2 nitrogen and oxygen atoms in total. The van der Waals surface area contributed by atoms with Gasteiger partial charge in [0.2, 0.25) is 0 Å². The Morgan fingerprint density at radius 1 is 0.310 bits per heavy atom. The van der Waals surface area contributed by atoms with Gasteiger partial charge in [0, 0.05) is 38.9 Å². The highest BCUT2D eigenvalue weighted by Crippen LogP contribution is 2.46. The van der Waals surface area contributed by atoms with Crippen molar-refractivity contribution in [2.24, 2.45) is 0 Å². The van der Waals surface area contributed by atoms with Gasteiger partial charge in [0.1, 0.15) is 0 Å². The molecule has 0 fully saturated rings.